The molecule has 1 aliphatic rings. The monoisotopic (exact) mass is 317 g/mol. The number of H-pyrrole nitrogens is 1. The SMILES string of the molecule is [CH3][Ti]([NH]C(C)(C)C)[CH]1CC(c2ccc[nH]2)c2ccccc21. The predicted octanol–water partition coefficient (Wildman–Crippen LogP) is 4.56. The molecule has 0 radical (unpaired) electrons. The summed E-state index contributed by atoms with van der Waals surface area (Å²) in [6.07, 6.45) is 3.30. The van der Waals surface area contributed by atoms with E-state index in [2.05, 4.69) is 71.2 Å². The van der Waals surface area contributed by atoms with Gasteiger partial charge in [0, 0.05) is 0 Å². The average molecular weight is 317 g/mol. The fourth-order valence-electron chi connectivity index (χ4n) is 3.58. The standard InChI is InChI=1S/C13H12N.C4H10N.CH3.Ti/c1-2-5-11-10(4-1)7-8-12(11)13-6-3-9-14-13;1-4(2,3)5;;/h1-7,9,12,14H,8H2;5H,1-3H3;1H3;/q;-1;;+1. The summed E-state index contributed by atoms with van der Waals surface area (Å²) in [6.45, 7) is 6.85. The molecule has 2 nitrogen and oxygen atoms in total. The summed E-state index contributed by atoms with van der Waals surface area (Å²) in [5.74, 6) is 0.547. The topological polar surface area (TPSA) is 27.8 Å². The third-order valence-corrected chi connectivity index (χ3v) is 8.58. The molecule has 0 saturated heterocycles. The Morgan fingerprint density at radius 3 is 2.43 bits per heavy atom. The number of hydrogen-bond acceptors (Lipinski definition) is 1. The van der Waals surface area contributed by atoms with E-state index in [1.54, 1.807) is 5.56 Å². The normalized spacial score (nSPS) is 21.3. The van der Waals surface area contributed by atoms with Crippen molar-refractivity contribution < 1.29 is 18.1 Å². The van der Waals surface area contributed by atoms with Crippen molar-refractivity contribution in [2.75, 3.05) is 0 Å². The molecule has 21 heavy (non-hydrogen) atoms. The van der Waals surface area contributed by atoms with Gasteiger partial charge in [0.15, 0.2) is 0 Å². The Morgan fingerprint density at radius 2 is 1.81 bits per heavy atom. The Bertz CT molecular complexity index is 598. The molecule has 2 atom stereocenters. The van der Waals surface area contributed by atoms with Crippen LogP contribution >= 0.6 is 0 Å². The summed E-state index contributed by atoms with van der Waals surface area (Å²) in [4.78, 5) is 3.43. The molecule has 1 aromatic carbocycles. The second-order valence-corrected chi connectivity index (χ2v) is 10.8. The third-order valence-electron chi connectivity index (χ3n) is 4.31. The van der Waals surface area contributed by atoms with E-state index in [1.807, 2.05) is 6.20 Å². The van der Waals surface area contributed by atoms with E-state index in [1.165, 1.54) is 17.7 Å². The van der Waals surface area contributed by atoms with Gasteiger partial charge in [0.25, 0.3) is 0 Å². The summed E-state index contributed by atoms with van der Waals surface area (Å²) in [7, 11) is 0. The first kappa shape index (κ1) is 15.1. The van der Waals surface area contributed by atoms with Crippen molar-refractivity contribution in [3.8, 4) is 0 Å². The average Bonchev–Trinajstić information content (AvgIpc) is 3.03. The van der Waals surface area contributed by atoms with E-state index in [4.69, 9.17) is 0 Å². The Kier molecular flexibility index (Phi) is 4.13. The molecule has 0 amide bonds. The van der Waals surface area contributed by atoms with Gasteiger partial charge in [0.2, 0.25) is 0 Å². The van der Waals surface area contributed by atoms with Gasteiger partial charge >= 0.3 is 134 Å². The van der Waals surface area contributed by atoms with Gasteiger partial charge in [-0.2, -0.15) is 0 Å². The first-order valence-electron chi connectivity index (χ1n) is 7.79. The van der Waals surface area contributed by atoms with Crippen LogP contribution in [0.3, 0.4) is 0 Å². The Morgan fingerprint density at radius 1 is 1.10 bits per heavy atom. The van der Waals surface area contributed by atoms with Crippen molar-refractivity contribution in [2.45, 2.75) is 48.1 Å². The Labute approximate surface area is 134 Å². The van der Waals surface area contributed by atoms with Gasteiger partial charge in [-0.1, -0.05) is 0 Å². The van der Waals surface area contributed by atoms with Crippen LogP contribution in [-0.4, -0.2) is 10.5 Å². The molecule has 0 saturated carbocycles. The number of rotatable bonds is 3. The van der Waals surface area contributed by atoms with Crippen LogP contribution in [0.4, 0.5) is 0 Å². The van der Waals surface area contributed by atoms with Crippen molar-refractivity contribution in [2.24, 2.45) is 0 Å². The van der Waals surface area contributed by atoms with Crippen LogP contribution in [0.2, 0.25) is 5.23 Å². The van der Waals surface area contributed by atoms with E-state index < -0.39 is 18.1 Å². The van der Waals surface area contributed by atoms with Crippen molar-refractivity contribution in [3.05, 3.63) is 59.4 Å². The Balaban J connectivity index is 1.91. The molecule has 1 heterocycles. The van der Waals surface area contributed by atoms with Gasteiger partial charge in [-0.05, 0) is 0 Å². The van der Waals surface area contributed by atoms with Gasteiger partial charge in [-0.15, -0.1) is 0 Å². The number of hydrogen-bond donors (Lipinski definition) is 2. The number of aromatic nitrogens is 1. The van der Waals surface area contributed by atoms with Gasteiger partial charge in [-0.25, -0.2) is 0 Å². The van der Waals surface area contributed by atoms with Crippen molar-refractivity contribution >= 4 is 0 Å². The quantitative estimate of drug-likeness (QED) is 0.798. The molecule has 2 aromatic rings. The van der Waals surface area contributed by atoms with Crippen LogP contribution in [0.25, 0.3) is 0 Å². The van der Waals surface area contributed by atoms with Crippen LogP contribution in [-0.2, 0) is 18.1 Å². The maximum absolute atomic E-state index is 3.92. The van der Waals surface area contributed by atoms with E-state index in [-0.39, 0.29) is 5.54 Å². The predicted molar refractivity (Wildman–Crippen MR) is 85.2 cm³/mol. The fourth-order valence-corrected chi connectivity index (χ4v) is 7.76. The van der Waals surface area contributed by atoms with Crippen LogP contribution in [0.1, 0.15) is 54.2 Å². The van der Waals surface area contributed by atoms with Gasteiger partial charge < -0.3 is 0 Å². The van der Waals surface area contributed by atoms with Gasteiger partial charge in [0.1, 0.15) is 0 Å². The van der Waals surface area contributed by atoms with E-state index >= 15 is 0 Å². The zero-order valence-corrected chi connectivity index (χ0v) is 15.0. The maximum atomic E-state index is 3.92. The number of aromatic amines is 1. The molecule has 0 spiro atoms. The second kappa shape index (κ2) is 5.75. The molecule has 0 aliphatic heterocycles. The van der Waals surface area contributed by atoms with Crippen LogP contribution in [0.5, 0.6) is 0 Å². The molecule has 3 heteroatoms. The number of fused-ring (bicyclic) bond motifs is 1. The van der Waals surface area contributed by atoms with Gasteiger partial charge in [0.05, 0.1) is 0 Å². The molecular weight excluding hydrogens is 292 g/mol. The molecule has 0 fully saturated rings. The summed E-state index contributed by atoms with van der Waals surface area (Å²) >= 11 is -1.32. The minimum atomic E-state index is -1.32. The minimum absolute atomic E-state index is 0.226. The number of nitrogens with one attached hydrogen (secondary N) is 2. The summed E-state index contributed by atoms with van der Waals surface area (Å²) in [5, 5.41) is 2.49. The molecular formula is C18H25N2Ti. The van der Waals surface area contributed by atoms with E-state index in [0.29, 0.717) is 5.92 Å². The van der Waals surface area contributed by atoms with Crippen molar-refractivity contribution in [3.63, 3.8) is 0 Å². The van der Waals surface area contributed by atoms with E-state index in [9.17, 15) is 0 Å². The first-order valence-corrected chi connectivity index (χ1v) is 11.0. The fraction of sp³-hybridized carbons (Fsp3) is 0.444. The first-order chi connectivity index (χ1) is 9.96. The molecule has 111 valence electrons. The Hall–Kier alpha value is -0.826. The molecule has 2 N–H and O–H groups in total. The van der Waals surface area contributed by atoms with Crippen LogP contribution < -0.4 is 3.80 Å². The molecule has 2 unspecified atom stereocenters. The summed E-state index contributed by atoms with van der Waals surface area (Å²) in [6, 6.07) is 13.4. The number of benzene rings is 1. The molecule has 0 bridgehead atoms. The molecule has 1 aliphatic carbocycles. The van der Waals surface area contributed by atoms with Crippen molar-refractivity contribution in [1.29, 1.82) is 0 Å². The van der Waals surface area contributed by atoms with Crippen LogP contribution in [0.15, 0.2) is 42.6 Å². The van der Waals surface area contributed by atoms with E-state index in [0.717, 1.165) is 4.22 Å². The third kappa shape index (κ3) is 3.18. The second-order valence-electron chi connectivity index (χ2n) is 7.15. The molecule has 1 aromatic heterocycles. The van der Waals surface area contributed by atoms with Crippen molar-refractivity contribution in [1.82, 2.24) is 8.78 Å². The zero-order chi connectivity index (χ0) is 15.0. The summed E-state index contributed by atoms with van der Waals surface area (Å²) < 4.78 is 4.67. The zero-order valence-electron chi connectivity index (χ0n) is 13.4. The van der Waals surface area contributed by atoms with Gasteiger partial charge in [-0.3, -0.25) is 0 Å². The molecule has 3 rings (SSSR count). The summed E-state index contributed by atoms with van der Waals surface area (Å²) in [5.41, 5.74) is 4.72. The van der Waals surface area contributed by atoms with Crippen LogP contribution in [0, 0.1) is 0 Å².